The lowest BCUT2D eigenvalue weighted by molar-refractivity contribution is -0.0329. The standard InChI is InChI=1S/C9H17BrF3NS/c1-8(2)14(5-3-4-10)6-7-15-9(11,12)13/h8H,3-7H2,1-2H3. The third-order valence-electron chi connectivity index (χ3n) is 1.95. The van der Waals surface area contributed by atoms with Crippen molar-refractivity contribution in [2.45, 2.75) is 31.8 Å². The summed E-state index contributed by atoms with van der Waals surface area (Å²) in [6.07, 6.45) is 0.967. The summed E-state index contributed by atoms with van der Waals surface area (Å²) in [7, 11) is 0. The lowest BCUT2D eigenvalue weighted by atomic mass is 10.3. The number of nitrogens with zero attached hydrogens (tertiary/aromatic N) is 1. The molecule has 0 bridgehead atoms. The molecule has 0 aliphatic carbocycles. The van der Waals surface area contributed by atoms with E-state index in [1.54, 1.807) is 0 Å². The average molecular weight is 308 g/mol. The maximum atomic E-state index is 11.9. The van der Waals surface area contributed by atoms with E-state index in [0.29, 0.717) is 12.6 Å². The van der Waals surface area contributed by atoms with Crippen LogP contribution in [-0.4, -0.2) is 40.6 Å². The van der Waals surface area contributed by atoms with Gasteiger partial charge in [-0.15, -0.1) is 0 Å². The summed E-state index contributed by atoms with van der Waals surface area (Å²) in [6, 6.07) is 0.304. The number of rotatable bonds is 7. The lowest BCUT2D eigenvalue weighted by Gasteiger charge is -2.26. The summed E-state index contributed by atoms with van der Waals surface area (Å²) >= 11 is 3.37. The van der Waals surface area contributed by atoms with Gasteiger partial charge in [-0.3, -0.25) is 0 Å². The van der Waals surface area contributed by atoms with Crippen molar-refractivity contribution in [1.82, 2.24) is 4.90 Å². The summed E-state index contributed by atoms with van der Waals surface area (Å²) in [6.45, 7) is 5.36. The Labute approximate surface area is 102 Å². The van der Waals surface area contributed by atoms with E-state index in [-0.39, 0.29) is 17.5 Å². The SMILES string of the molecule is CC(C)N(CCCBr)CCSC(F)(F)F. The fraction of sp³-hybridized carbons (Fsp3) is 1.00. The van der Waals surface area contributed by atoms with Crippen molar-refractivity contribution in [1.29, 1.82) is 0 Å². The van der Waals surface area contributed by atoms with E-state index < -0.39 is 5.51 Å². The molecule has 0 aromatic carbocycles. The molecule has 0 radical (unpaired) electrons. The highest BCUT2D eigenvalue weighted by Gasteiger charge is 2.27. The molecule has 0 aromatic rings. The van der Waals surface area contributed by atoms with Crippen LogP contribution in [0.3, 0.4) is 0 Å². The number of hydrogen-bond acceptors (Lipinski definition) is 2. The molecule has 0 saturated heterocycles. The molecular weight excluding hydrogens is 291 g/mol. The van der Waals surface area contributed by atoms with Gasteiger partial charge in [0.25, 0.3) is 0 Å². The zero-order valence-electron chi connectivity index (χ0n) is 8.98. The van der Waals surface area contributed by atoms with Gasteiger partial charge in [0.15, 0.2) is 0 Å². The third kappa shape index (κ3) is 9.51. The molecule has 0 N–H and O–H groups in total. The topological polar surface area (TPSA) is 3.24 Å². The molecule has 0 spiro atoms. The molecule has 15 heavy (non-hydrogen) atoms. The second kappa shape index (κ2) is 7.79. The van der Waals surface area contributed by atoms with Crippen LogP contribution in [0.1, 0.15) is 20.3 Å². The Balaban J connectivity index is 3.76. The zero-order valence-corrected chi connectivity index (χ0v) is 11.4. The quantitative estimate of drug-likeness (QED) is 0.659. The molecule has 0 heterocycles. The van der Waals surface area contributed by atoms with E-state index >= 15 is 0 Å². The molecule has 0 fully saturated rings. The Morgan fingerprint density at radius 2 is 1.87 bits per heavy atom. The molecule has 0 aliphatic rings. The van der Waals surface area contributed by atoms with Crippen molar-refractivity contribution in [3.05, 3.63) is 0 Å². The molecule has 0 saturated carbocycles. The smallest absolute Gasteiger partial charge is 0.300 e. The van der Waals surface area contributed by atoms with Crippen LogP contribution >= 0.6 is 27.7 Å². The van der Waals surface area contributed by atoms with Gasteiger partial charge in [-0.05, 0) is 38.6 Å². The first kappa shape index (κ1) is 15.6. The highest BCUT2D eigenvalue weighted by Crippen LogP contribution is 2.29. The second-order valence-electron chi connectivity index (χ2n) is 3.47. The van der Waals surface area contributed by atoms with Crippen LogP contribution in [0.25, 0.3) is 0 Å². The summed E-state index contributed by atoms with van der Waals surface area (Å²) < 4.78 is 35.7. The van der Waals surface area contributed by atoms with Gasteiger partial charge in [-0.1, -0.05) is 15.9 Å². The average Bonchev–Trinajstić information content (AvgIpc) is 2.08. The normalized spacial score (nSPS) is 12.8. The molecule has 0 atom stereocenters. The highest BCUT2D eigenvalue weighted by molar-refractivity contribution is 9.09. The van der Waals surface area contributed by atoms with E-state index in [9.17, 15) is 13.2 Å². The Kier molecular flexibility index (Phi) is 8.09. The minimum Gasteiger partial charge on any atom is -0.300 e. The maximum absolute atomic E-state index is 11.9. The zero-order chi connectivity index (χ0) is 11.9. The Morgan fingerprint density at radius 3 is 2.27 bits per heavy atom. The molecule has 6 heteroatoms. The Morgan fingerprint density at radius 1 is 1.27 bits per heavy atom. The van der Waals surface area contributed by atoms with Crippen molar-refractivity contribution < 1.29 is 13.2 Å². The van der Waals surface area contributed by atoms with Crippen LogP contribution in [0.2, 0.25) is 0 Å². The van der Waals surface area contributed by atoms with Gasteiger partial charge in [-0.2, -0.15) is 13.2 Å². The summed E-state index contributed by atoms with van der Waals surface area (Å²) in [5, 5.41) is 0.892. The van der Waals surface area contributed by atoms with Crippen molar-refractivity contribution in [3.8, 4) is 0 Å². The van der Waals surface area contributed by atoms with Gasteiger partial charge in [0.05, 0.1) is 0 Å². The summed E-state index contributed by atoms with van der Waals surface area (Å²) in [5.41, 5.74) is -4.10. The minimum absolute atomic E-state index is 0.0594. The van der Waals surface area contributed by atoms with Gasteiger partial charge < -0.3 is 4.90 Å². The molecule has 0 rings (SSSR count). The van der Waals surface area contributed by atoms with Crippen LogP contribution in [-0.2, 0) is 0 Å². The molecule has 92 valence electrons. The Hall–Kier alpha value is 0.580. The summed E-state index contributed by atoms with van der Waals surface area (Å²) in [4.78, 5) is 2.07. The van der Waals surface area contributed by atoms with Crippen molar-refractivity contribution >= 4 is 27.7 Å². The van der Waals surface area contributed by atoms with Crippen LogP contribution in [0.5, 0.6) is 0 Å². The predicted octanol–water partition coefficient (Wildman–Crippen LogP) is 3.73. The Bertz CT molecular complexity index is 164. The van der Waals surface area contributed by atoms with Crippen LogP contribution in [0.4, 0.5) is 13.2 Å². The van der Waals surface area contributed by atoms with Crippen LogP contribution in [0, 0.1) is 0 Å². The first-order chi connectivity index (χ1) is 6.87. The lowest BCUT2D eigenvalue weighted by Crippen LogP contribution is -2.34. The van der Waals surface area contributed by atoms with Crippen molar-refractivity contribution in [2.24, 2.45) is 0 Å². The molecule has 0 aromatic heterocycles. The van der Waals surface area contributed by atoms with E-state index in [0.717, 1.165) is 18.3 Å². The van der Waals surface area contributed by atoms with E-state index in [1.165, 1.54) is 0 Å². The predicted molar refractivity (Wildman–Crippen MR) is 63.6 cm³/mol. The monoisotopic (exact) mass is 307 g/mol. The number of halogens is 4. The second-order valence-corrected chi connectivity index (χ2v) is 5.42. The molecule has 0 aliphatic heterocycles. The van der Waals surface area contributed by atoms with Crippen LogP contribution in [0.15, 0.2) is 0 Å². The van der Waals surface area contributed by atoms with E-state index in [4.69, 9.17) is 0 Å². The number of alkyl halides is 4. The number of thioether (sulfide) groups is 1. The fourth-order valence-electron chi connectivity index (χ4n) is 1.17. The van der Waals surface area contributed by atoms with E-state index in [1.807, 2.05) is 13.8 Å². The van der Waals surface area contributed by atoms with Gasteiger partial charge in [0, 0.05) is 23.7 Å². The molecular formula is C9H17BrF3NS. The van der Waals surface area contributed by atoms with Gasteiger partial charge in [-0.25, -0.2) is 0 Å². The van der Waals surface area contributed by atoms with Crippen LogP contribution < -0.4 is 0 Å². The van der Waals surface area contributed by atoms with Crippen molar-refractivity contribution in [3.63, 3.8) is 0 Å². The highest BCUT2D eigenvalue weighted by atomic mass is 79.9. The first-order valence-electron chi connectivity index (χ1n) is 4.87. The molecule has 0 amide bonds. The largest absolute Gasteiger partial charge is 0.441 e. The van der Waals surface area contributed by atoms with Gasteiger partial charge >= 0.3 is 5.51 Å². The molecule has 1 nitrogen and oxygen atoms in total. The van der Waals surface area contributed by atoms with Crippen molar-refractivity contribution in [2.75, 3.05) is 24.2 Å². The minimum atomic E-state index is -4.10. The molecule has 0 unspecified atom stereocenters. The first-order valence-corrected chi connectivity index (χ1v) is 6.98. The van der Waals surface area contributed by atoms with E-state index in [2.05, 4.69) is 20.8 Å². The van der Waals surface area contributed by atoms with Gasteiger partial charge in [0.1, 0.15) is 0 Å². The maximum Gasteiger partial charge on any atom is 0.441 e. The number of hydrogen-bond donors (Lipinski definition) is 0. The third-order valence-corrected chi connectivity index (χ3v) is 3.23. The summed E-state index contributed by atoms with van der Waals surface area (Å²) in [5.74, 6) is 0.115. The fourth-order valence-corrected chi connectivity index (χ4v) is 1.98. The van der Waals surface area contributed by atoms with Gasteiger partial charge in [0.2, 0.25) is 0 Å².